The van der Waals surface area contributed by atoms with Gasteiger partial charge in [0.1, 0.15) is 5.78 Å². The number of carbonyl (C=O) groups is 3. The van der Waals surface area contributed by atoms with Crippen molar-refractivity contribution in [2.75, 3.05) is 12.4 Å². The SMILES string of the molecule is COC(=O)c1nc(NC(=O)[C@@H](C)c2ccc(C[C@@H]3CCCC3=O)cc2)sc1CC(C)C. The number of hydrogen-bond donors (Lipinski definition) is 1. The van der Waals surface area contributed by atoms with Crippen LogP contribution < -0.4 is 5.32 Å². The summed E-state index contributed by atoms with van der Waals surface area (Å²) in [5, 5.41) is 3.26. The van der Waals surface area contributed by atoms with Crippen LogP contribution in [0.25, 0.3) is 0 Å². The smallest absolute Gasteiger partial charge is 0.357 e. The van der Waals surface area contributed by atoms with Crippen LogP contribution in [0.1, 0.15) is 72.4 Å². The predicted molar refractivity (Wildman–Crippen MR) is 122 cm³/mol. The molecule has 0 aliphatic heterocycles. The first-order valence-corrected chi connectivity index (χ1v) is 11.6. The highest BCUT2D eigenvalue weighted by Gasteiger charge is 2.25. The second-order valence-electron chi connectivity index (χ2n) is 8.59. The molecule has 2 aromatic rings. The molecule has 7 heteroatoms. The topological polar surface area (TPSA) is 85.4 Å². The number of esters is 1. The lowest BCUT2D eigenvalue weighted by Gasteiger charge is -2.13. The summed E-state index contributed by atoms with van der Waals surface area (Å²) in [7, 11) is 1.33. The maximum atomic E-state index is 12.8. The van der Waals surface area contributed by atoms with Crippen LogP contribution in [0.15, 0.2) is 24.3 Å². The van der Waals surface area contributed by atoms with Gasteiger partial charge < -0.3 is 10.1 Å². The Labute approximate surface area is 187 Å². The third kappa shape index (κ3) is 5.79. The number of nitrogens with zero attached hydrogens (tertiary/aromatic N) is 1. The van der Waals surface area contributed by atoms with E-state index in [1.54, 1.807) is 0 Å². The highest BCUT2D eigenvalue weighted by Crippen LogP contribution is 2.29. The van der Waals surface area contributed by atoms with Crippen molar-refractivity contribution in [1.82, 2.24) is 4.98 Å². The number of hydrogen-bond acceptors (Lipinski definition) is 6. The molecule has 0 unspecified atom stereocenters. The number of methoxy groups -OCH3 is 1. The average Bonchev–Trinajstić information content (AvgIpc) is 3.32. The number of benzene rings is 1. The summed E-state index contributed by atoms with van der Waals surface area (Å²) in [6.45, 7) is 5.97. The van der Waals surface area contributed by atoms with Gasteiger partial charge in [0.2, 0.25) is 5.91 Å². The first-order chi connectivity index (χ1) is 14.8. The van der Waals surface area contributed by atoms with E-state index in [0.29, 0.717) is 29.7 Å². The molecule has 31 heavy (non-hydrogen) atoms. The number of nitrogens with one attached hydrogen (secondary N) is 1. The Morgan fingerprint density at radius 1 is 1.23 bits per heavy atom. The van der Waals surface area contributed by atoms with Gasteiger partial charge in [-0.15, -0.1) is 11.3 Å². The van der Waals surface area contributed by atoms with E-state index in [4.69, 9.17) is 4.74 Å². The van der Waals surface area contributed by atoms with Crippen LogP contribution in [0, 0.1) is 11.8 Å². The minimum absolute atomic E-state index is 0.139. The number of ether oxygens (including phenoxy) is 1. The first kappa shape index (κ1) is 23.1. The lowest BCUT2D eigenvalue weighted by Crippen LogP contribution is -2.19. The molecule has 1 aromatic carbocycles. The van der Waals surface area contributed by atoms with Crippen LogP contribution in [0.2, 0.25) is 0 Å². The molecule has 1 heterocycles. The Morgan fingerprint density at radius 2 is 1.94 bits per heavy atom. The summed E-state index contributed by atoms with van der Waals surface area (Å²) in [4.78, 5) is 41.8. The Bertz CT molecular complexity index is 949. The fraction of sp³-hybridized carbons (Fsp3) is 0.500. The van der Waals surface area contributed by atoms with Gasteiger partial charge in [-0.25, -0.2) is 9.78 Å². The predicted octanol–water partition coefficient (Wildman–Crippen LogP) is 4.78. The molecule has 1 amide bonds. The number of thiazole rings is 1. The average molecular weight is 443 g/mol. The van der Waals surface area contributed by atoms with Gasteiger partial charge in [0.15, 0.2) is 10.8 Å². The molecule has 2 atom stereocenters. The van der Waals surface area contributed by atoms with Gasteiger partial charge in [-0.05, 0) is 49.7 Å². The second kappa shape index (κ2) is 10.2. The molecule has 0 saturated heterocycles. The van der Waals surface area contributed by atoms with Crippen LogP contribution in [-0.4, -0.2) is 29.8 Å². The number of rotatable bonds is 8. The highest BCUT2D eigenvalue weighted by molar-refractivity contribution is 7.16. The fourth-order valence-corrected chi connectivity index (χ4v) is 5.03. The van der Waals surface area contributed by atoms with E-state index < -0.39 is 5.97 Å². The number of amides is 1. The number of Topliss-reactive ketones (excluding diaryl/α,β-unsaturated/α-hetero) is 1. The number of ketones is 1. The van der Waals surface area contributed by atoms with E-state index in [1.807, 2.05) is 31.2 Å². The third-order valence-electron chi connectivity index (χ3n) is 5.69. The summed E-state index contributed by atoms with van der Waals surface area (Å²) in [6.07, 6.45) is 4.13. The zero-order valence-corrected chi connectivity index (χ0v) is 19.4. The molecular formula is C24H30N2O4S. The van der Waals surface area contributed by atoms with Gasteiger partial charge in [0, 0.05) is 17.2 Å². The summed E-state index contributed by atoms with van der Waals surface area (Å²) >= 11 is 1.32. The van der Waals surface area contributed by atoms with E-state index >= 15 is 0 Å². The lowest BCUT2D eigenvalue weighted by molar-refractivity contribution is -0.120. The molecule has 3 rings (SSSR count). The van der Waals surface area contributed by atoms with Crippen LogP contribution in [0.4, 0.5) is 5.13 Å². The van der Waals surface area contributed by atoms with E-state index in [-0.39, 0.29) is 23.4 Å². The standard InChI is InChI=1S/C24H30N2O4S/c1-14(2)12-20-21(23(29)30-4)25-24(31-20)26-22(28)15(3)17-10-8-16(9-11-17)13-18-6-5-7-19(18)27/h8-11,14-15,18H,5-7,12-13H2,1-4H3,(H,25,26,28)/t15-,18-/m0/s1. The van der Waals surface area contributed by atoms with E-state index in [2.05, 4.69) is 24.1 Å². The minimum Gasteiger partial charge on any atom is -0.464 e. The zero-order chi connectivity index (χ0) is 22.5. The Kier molecular flexibility index (Phi) is 7.59. The third-order valence-corrected chi connectivity index (χ3v) is 6.68. The Morgan fingerprint density at radius 3 is 2.52 bits per heavy atom. The van der Waals surface area contributed by atoms with E-state index in [1.165, 1.54) is 18.4 Å². The molecule has 1 fully saturated rings. The van der Waals surface area contributed by atoms with Crippen molar-refractivity contribution < 1.29 is 19.1 Å². The van der Waals surface area contributed by atoms with Crippen molar-refractivity contribution in [1.29, 1.82) is 0 Å². The molecule has 0 radical (unpaired) electrons. The maximum Gasteiger partial charge on any atom is 0.357 e. The lowest BCUT2D eigenvalue weighted by atomic mass is 9.94. The Balaban J connectivity index is 1.66. The maximum absolute atomic E-state index is 12.8. The molecule has 0 bridgehead atoms. The Hall–Kier alpha value is -2.54. The summed E-state index contributed by atoms with van der Waals surface area (Å²) in [6, 6.07) is 7.91. The monoisotopic (exact) mass is 442 g/mol. The largest absolute Gasteiger partial charge is 0.464 e. The van der Waals surface area contributed by atoms with Crippen molar-refractivity contribution in [3.63, 3.8) is 0 Å². The molecule has 0 spiro atoms. The van der Waals surface area contributed by atoms with Gasteiger partial charge in [-0.3, -0.25) is 9.59 Å². The molecule has 1 aliphatic carbocycles. The molecule has 1 aliphatic rings. The second-order valence-corrected chi connectivity index (χ2v) is 9.68. The summed E-state index contributed by atoms with van der Waals surface area (Å²) in [5.41, 5.74) is 2.29. The van der Waals surface area contributed by atoms with E-state index in [9.17, 15) is 14.4 Å². The molecule has 1 saturated carbocycles. The molecule has 166 valence electrons. The quantitative estimate of drug-likeness (QED) is 0.595. The summed E-state index contributed by atoms with van der Waals surface area (Å²) < 4.78 is 4.83. The van der Waals surface area contributed by atoms with Crippen molar-refractivity contribution in [3.05, 3.63) is 46.0 Å². The minimum atomic E-state index is -0.489. The first-order valence-electron chi connectivity index (χ1n) is 10.8. The molecule has 1 aromatic heterocycles. The van der Waals surface area contributed by atoms with Crippen LogP contribution >= 0.6 is 11.3 Å². The van der Waals surface area contributed by atoms with Crippen molar-refractivity contribution in [2.24, 2.45) is 11.8 Å². The summed E-state index contributed by atoms with van der Waals surface area (Å²) in [5.74, 6) is -0.189. The fourth-order valence-electron chi connectivity index (χ4n) is 3.87. The highest BCUT2D eigenvalue weighted by atomic mass is 32.1. The van der Waals surface area contributed by atoms with E-state index in [0.717, 1.165) is 35.3 Å². The van der Waals surface area contributed by atoms with Gasteiger partial charge in [0.05, 0.1) is 13.0 Å². The van der Waals surface area contributed by atoms with Crippen LogP contribution in [0.5, 0.6) is 0 Å². The van der Waals surface area contributed by atoms with Gasteiger partial charge >= 0.3 is 5.97 Å². The van der Waals surface area contributed by atoms with Crippen LogP contribution in [-0.2, 0) is 27.2 Å². The molecular weight excluding hydrogens is 412 g/mol. The van der Waals surface area contributed by atoms with Crippen LogP contribution in [0.3, 0.4) is 0 Å². The van der Waals surface area contributed by atoms with Crippen molar-refractivity contribution >= 4 is 34.1 Å². The van der Waals surface area contributed by atoms with Crippen molar-refractivity contribution in [2.45, 2.75) is 58.8 Å². The van der Waals surface area contributed by atoms with Gasteiger partial charge in [-0.1, -0.05) is 38.1 Å². The van der Waals surface area contributed by atoms with Gasteiger partial charge in [-0.2, -0.15) is 0 Å². The zero-order valence-electron chi connectivity index (χ0n) is 18.6. The normalized spacial score (nSPS) is 17.1. The molecule has 6 nitrogen and oxygen atoms in total. The van der Waals surface area contributed by atoms with Gasteiger partial charge in [0.25, 0.3) is 0 Å². The number of aromatic nitrogens is 1. The number of carbonyl (C=O) groups excluding carboxylic acids is 3. The van der Waals surface area contributed by atoms with Crippen molar-refractivity contribution in [3.8, 4) is 0 Å². The number of anilines is 1. The molecule has 1 N–H and O–H groups in total.